The Morgan fingerprint density at radius 2 is 1.13 bits per heavy atom. The second-order valence-electron chi connectivity index (χ2n) is 32.9. The Labute approximate surface area is 772 Å². The average molecular weight is 1840 g/mol. The number of carbonyl (C=O) groups excluding carboxylic acids is 5. The average Bonchev–Trinajstić information content (AvgIpc) is 1.73. The minimum absolute atomic E-state index is 0.00544. The smallest absolute Gasteiger partial charge is 0.409 e. The third kappa shape index (κ3) is 22.6. The van der Waals surface area contributed by atoms with Crippen molar-refractivity contribution in [1.82, 2.24) is 44.0 Å². The number of rotatable bonds is 43. The first kappa shape index (κ1) is 94.9. The molecule has 2 saturated heterocycles. The molecule has 133 heavy (non-hydrogen) atoms. The van der Waals surface area contributed by atoms with E-state index in [4.69, 9.17) is 60.8 Å². The van der Waals surface area contributed by atoms with E-state index in [1.54, 1.807) is 45.5 Å². The van der Waals surface area contributed by atoms with Crippen LogP contribution in [0.1, 0.15) is 158 Å². The first-order valence-corrected chi connectivity index (χ1v) is 46.5. The minimum Gasteiger partial charge on any atom is -0.497 e. The summed E-state index contributed by atoms with van der Waals surface area (Å²) in [5.74, 6) is -1.03. The predicted molar refractivity (Wildman–Crippen MR) is 497 cm³/mol. The highest BCUT2D eigenvalue weighted by Gasteiger charge is 2.47. The van der Waals surface area contributed by atoms with Crippen LogP contribution in [0.2, 0.25) is 0 Å². The number of imidazole rings is 1. The maximum Gasteiger partial charge on any atom is 0.409 e. The molecule has 34 heteroatoms. The van der Waals surface area contributed by atoms with Gasteiger partial charge in [-0.15, -0.1) is 0 Å². The zero-order valence-corrected chi connectivity index (χ0v) is 76.5. The Hall–Kier alpha value is -12.8. The number of hydrogen-bond acceptors (Lipinski definition) is 25. The number of nitriles is 2. The molecule has 2 aliphatic carbocycles. The highest BCUT2D eigenvalue weighted by Crippen LogP contribution is 2.54. The topological polar surface area (TPSA) is 385 Å². The number of carbonyl (C=O) groups is 5. The summed E-state index contributed by atoms with van der Waals surface area (Å²) in [6.45, 7) is 7.73. The molecule has 3 aromatic heterocycles. The molecule has 2 fully saturated rings. The first-order chi connectivity index (χ1) is 64.7. The van der Waals surface area contributed by atoms with E-state index in [-0.39, 0.29) is 157 Å². The van der Waals surface area contributed by atoms with Gasteiger partial charge in [0.15, 0.2) is 11.2 Å². The number of aryl methyl sites for hydroxylation is 1. The monoisotopic (exact) mass is 1840 g/mol. The molecule has 4 N–H and O–H groups in total. The van der Waals surface area contributed by atoms with E-state index in [0.29, 0.717) is 34.6 Å². The summed E-state index contributed by atoms with van der Waals surface area (Å²) in [5, 5.41) is 28.1. The maximum atomic E-state index is 14.1. The Morgan fingerprint density at radius 3 is 1.71 bits per heavy atom. The summed E-state index contributed by atoms with van der Waals surface area (Å²) in [7, 11) is 0.260. The van der Waals surface area contributed by atoms with Gasteiger partial charge in [0.05, 0.1) is 96.0 Å². The molecule has 8 atom stereocenters. The fraction of sp³-hybridized carbons (Fsp3) is 0.354. The summed E-state index contributed by atoms with van der Waals surface area (Å²) in [5.41, 5.74) is 9.48. The number of hydrogen-bond donors (Lipinski definition) is 4. The van der Waals surface area contributed by atoms with Crippen LogP contribution in [0.15, 0.2) is 229 Å². The van der Waals surface area contributed by atoms with Crippen molar-refractivity contribution in [3.05, 3.63) is 290 Å². The van der Waals surface area contributed by atoms with E-state index in [9.17, 15) is 44.1 Å². The van der Waals surface area contributed by atoms with Crippen molar-refractivity contribution >= 4 is 69.7 Å². The van der Waals surface area contributed by atoms with Crippen LogP contribution in [0.4, 0.5) is 16.4 Å². The van der Waals surface area contributed by atoms with E-state index < -0.39 is 94.7 Å². The molecule has 4 aliphatic rings. The van der Waals surface area contributed by atoms with Crippen molar-refractivity contribution in [2.75, 3.05) is 84.6 Å². The largest absolute Gasteiger partial charge is 0.497 e. The molecule has 8 aromatic carbocycles. The molecule has 0 spiro atoms. The number of benzene rings is 8. The molecule has 5 heterocycles. The number of nitrogens with zero attached hydrogens (tertiary/aromatic N) is 9. The predicted octanol–water partition coefficient (Wildman–Crippen LogP) is 15.8. The SMILES string of the molecule is COc1ccc(C(OC[C@H]2O[C@@H](n3cnc4c(=O)[nH]c(NC(=O)CCNC(=O)c5ccc(CCC(=O)OCC6c7ccccc7-c7ccccc76)cc5)nc43)C[C@@H]2OP(OCCC#N)OCC2O[C@@H](n3cc(NC(=O)CCCN(C)C(=O)OCC4c5ccccc5-c5ccccc54)cnc3=O)C[C@@H]2OP(OCCC#N)N(C(C)C)C(C)C)(c2ccccc2)c2ccc(OC)cc2)cc1. The number of methoxy groups -OCH3 is 2. The highest BCUT2D eigenvalue weighted by molar-refractivity contribution is 7.44. The van der Waals surface area contributed by atoms with E-state index in [0.717, 1.165) is 55.6 Å². The number of aromatic amines is 1. The minimum atomic E-state index is -2.55. The molecular formula is C99H105N13O19P2. The Kier molecular flexibility index (Phi) is 31.8. The maximum absolute atomic E-state index is 14.1. The van der Waals surface area contributed by atoms with Gasteiger partial charge in [-0.3, -0.25) is 43.4 Å². The van der Waals surface area contributed by atoms with E-state index in [2.05, 4.69) is 79.4 Å². The van der Waals surface area contributed by atoms with Crippen molar-refractivity contribution in [3.8, 4) is 45.9 Å². The molecule has 32 nitrogen and oxygen atoms in total. The van der Waals surface area contributed by atoms with Gasteiger partial charge in [-0.05, 0) is 144 Å². The van der Waals surface area contributed by atoms with Gasteiger partial charge in [0, 0.05) is 87.9 Å². The summed E-state index contributed by atoms with van der Waals surface area (Å²) in [6, 6.07) is 67.9. The van der Waals surface area contributed by atoms with Gasteiger partial charge >= 0.3 is 26.4 Å². The molecule has 0 radical (unpaired) electrons. The van der Waals surface area contributed by atoms with Crippen molar-refractivity contribution in [1.29, 1.82) is 10.5 Å². The molecule has 2 aliphatic heterocycles. The second kappa shape index (κ2) is 44.6. The normalized spacial score (nSPS) is 17.2. The van der Waals surface area contributed by atoms with Crippen molar-refractivity contribution < 1.29 is 79.7 Å². The van der Waals surface area contributed by atoms with Crippen LogP contribution in [0.3, 0.4) is 0 Å². The van der Waals surface area contributed by atoms with Gasteiger partial charge in [-0.2, -0.15) is 20.5 Å². The number of esters is 1. The molecule has 690 valence electrons. The van der Waals surface area contributed by atoms with Crippen LogP contribution < -0.4 is 36.7 Å². The number of ether oxygens (including phenoxy) is 7. The first-order valence-electron chi connectivity index (χ1n) is 44.2. The Morgan fingerprint density at radius 1 is 0.594 bits per heavy atom. The number of fused-ring (bicyclic) bond motifs is 7. The number of H-pyrrole nitrogens is 1. The Balaban J connectivity index is 0.649. The molecule has 0 bridgehead atoms. The zero-order valence-electron chi connectivity index (χ0n) is 74.8. The molecule has 11 aromatic rings. The number of anilines is 2. The lowest BCUT2D eigenvalue weighted by Gasteiger charge is -2.37. The second-order valence-corrected chi connectivity index (χ2v) is 35.5. The fourth-order valence-corrected chi connectivity index (χ4v) is 20.1. The van der Waals surface area contributed by atoms with Gasteiger partial charge < -0.3 is 71.3 Å². The number of nitrogens with one attached hydrogen (secondary N) is 4. The van der Waals surface area contributed by atoms with Crippen LogP contribution in [0, 0.1) is 22.7 Å². The van der Waals surface area contributed by atoms with Crippen molar-refractivity contribution in [2.45, 2.75) is 152 Å². The molecule has 3 unspecified atom stereocenters. The lowest BCUT2D eigenvalue weighted by atomic mass is 9.80. The molecule has 0 saturated carbocycles. The number of aromatic nitrogens is 6. The van der Waals surface area contributed by atoms with Gasteiger partial charge in [0.1, 0.15) is 55.0 Å². The highest BCUT2D eigenvalue weighted by atomic mass is 31.2. The number of amides is 4. The van der Waals surface area contributed by atoms with Crippen LogP contribution >= 0.6 is 17.1 Å². The van der Waals surface area contributed by atoms with Gasteiger partial charge in [0.2, 0.25) is 17.8 Å². The summed E-state index contributed by atoms with van der Waals surface area (Å²) < 4.78 is 83.1. The zero-order chi connectivity index (χ0) is 93.1. The molecular weight excluding hydrogens is 1740 g/mol. The van der Waals surface area contributed by atoms with Crippen molar-refractivity contribution in [2.24, 2.45) is 0 Å². The third-order valence-corrected chi connectivity index (χ3v) is 27.0. The Bertz CT molecular complexity index is 5970. The van der Waals surface area contributed by atoms with E-state index in [1.807, 2.05) is 172 Å². The van der Waals surface area contributed by atoms with Crippen molar-refractivity contribution in [3.63, 3.8) is 0 Å². The van der Waals surface area contributed by atoms with Gasteiger partial charge in [0.25, 0.3) is 20.0 Å². The third-order valence-electron chi connectivity index (χ3n) is 23.7. The summed E-state index contributed by atoms with van der Waals surface area (Å²) >= 11 is 0. The van der Waals surface area contributed by atoms with Gasteiger partial charge in [-0.25, -0.2) is 19.2 Å². The standard InChI is InChI=1S/C99H105N13O19P2/c1-63(2)112(64(3)4)132(125-52-20-48-100)130-83-54-89(110-57-70(56-103-97(110)118)105-87(113)32-19-51-109(5)98(119)123-59-82-79-30-17-13-26-75(79)76-27-14-18-31-80(76)82)129-86(83)61-127-133(126-53-21-49-101)131-84-55-90(128-85(84)60-124-99(67-22-9-8-10-23-67,68-38-42-71(120-6)43-39-68)69-40-44-72(121-7)45-41-69)111-62-104-92-93(111)107-96(108-95(92)117)106-88(114)47-50-102-94(116)66-36-33-65(34-37-66)35-46-91(115)122-58-81-77-28-15-11-24-73(77)74-25-12-16-29-78(74)81/h8-18,22-31,33-34,36-45,56-57,62-64,81-86,89-90H,19-21,32,35,46-47,50-55,58-61H2,1-7H3,(H,102,116)(H,105,113)(H2,106,107,108,114,117)/t83-,84-,85+,86?,89+,90+,132?,133?/m0/s1. The quantitative estimate of drug-likeness (QED) is 0.0119. The lowest BCUT2D eigenvalue weighted by Crippen LogP contribution is -2.38. The molecule has 15 rings (SSSR count). The van der Waals surface area contributed by atoms with Gasteiger partial charge in [-0.1, -0.05) is 164 Å². The van der Waals surface area contributed by atoms with Crippen LogP contribution in [-0.2, 0) is 72.7 Å². The fourth-order valence-electron chi connectivity index (χ4n) is 17.2. The van der Waals surface area contributed by atoms with Crippen LogP contribution in [0.5, 0.6) is 11.5 Å². The van der Waals surface area contributed by atoms with E-state index in [1.165, 1.54) is 32.8 Å². The summed E-state index contributed by atoms with van der Waals surface area (Å²) in [4.78, 5) is 113. The van der Waals surface area contributed by atoms with E-state index >= 15 is 0 Å². The lowest BCUT2D eigenvalue weighted by molar-refractivity contribution is -0.143. The molecule has 4 amide bonds. The summed E-state index contributed by atoms with van der Waals surface area (Å²) in [6.07, 6.45) is -2.16. The van der Waals surface area contributed by atoms with Crippen LogP contribution in [-0.4, -0.2) is 179 Å². The van der Waals surface area contributed by atoms with Crippen LogP contribution in [0.25, 0.3) is 33.4 Å².